The Bertz CT molecular complexity index is 588. The molecule has 0 spiro atoms. The molecular weight excluding hydrogens is 246 g/mol. The molecule has 1 unspecified atom stereocenters. The van der Waals surface area contributed by atoms with E-state index in [9.17, 15) is 0 Å². The SMILES string of the molecule is Cc1cc2ccccc2nc1N(C)CC1CCCCN1. The number of piperidine rings is 1. The third-order valence-electron chi connectivity index (χ3n) is 4.16. The molecule has 0 radical (unpaired) electrons. The van der Waals surface area contributed by atoms with E-state index in [1.54, 1.807) is 0 Å². The highest BCUT2D eigenvalue weighted by molar-refractivity contribution is 5.81. The molecule has 3 heteroatoms. The number of rotatable bonds is 3. The quantitative estimate of drug-likeness (QED) is 0.928. The molecule has 1 aromatic carbocycles. The van der Waals surface area contributed by atoms with Crippen LogP contribution in [0.4, 0.5) is 5.82 Å². The van der Waals surface area contributed by atoms with Crippen LogP contribution in [0.1, 0.15) is 24.8 Å². The van der Waals surface area contributed by atoms with Crippen molar-refractivity contribution >= 4 is 16.7 Å². The Morgan fingerprint density at radius 1 is 1.30 bits per heavy atom. The largest absolute Gasteiger partial charge is 0.358 e. The lowest BCUT2D eigenvalue weighted by atomic mass is 10.0. The van der Waals surface area contributed by atoms with E-state index in [1.807, 2.05) is 0 Å². The van der Waals surface area contributed by atoms with Crippen molar-refractivity contribution in [3.8, 4) is 0 Å². The monoisotopic (exact) mass is 269 g/mol. The number of anilines is 1. The summed E-state index contributed by atoms with van der Waals surface area (Å²) in [7, 11) is 2.15. The van der Waals surface area contributed by atoms with Crippen LogP contribution in [0.2, 0.25) is 0 Å². The fourth-order valence-electron chi connectivity index (χ4n) is 3.09. The van der Waals surface area contributed by atoms with Crippen LogP contribution in [0.3, 0.4) is 0 Å². The van der Waals surface area contributed by atoms with Gasteiger partial charge >= 0.3 is 0 Å². The van der Waals surface area contributed by atoms with Gasteiger partial charge in [0.05, 0.1) is 5.52 Å². The molecule has 3 rings (SSSR count). The average molecular weight is 269 g/mol. The molecule has 0 aliphatic carbocycles. The minimum atomic E-state index is 0.599. The van der Waals surface area contributed by atoms with Crippen LogP contribution in [-0.4, -0.2) is 31.2 Å². The highest BCUT2D eigenvalue weighted by Crippen LogP contribution is 2.22. The molecule has 0 bridgehead atoms. The Hall–Kier alpha value is -1.61. The first-order valence-corrected chi connectivity index (χ1v) is 7.55. The predicted octanol–water partition coefficient (Wildman–Crippen LogP) is 3.12. The summed E-state index contributed by atoms with van der Waals surface area (Å²) >= 11 is 0. The van der Waals surface area contributed by atoms with E-state index in [4.69, 9.17) is 4.98 Å². The molecule has 1 N–H and O–H groups in total. The number of hydrogen-bond donors (Lipinski definition) is 1. The first-order valence-electron chi connectivity index (χ1n) is 7.55. The predicted molar refractivity (Wildman–Crippen MR) is 85.4 cm³/mol. The number of hydrogen-bond acceptors (Lipinski definition) is 3. The Kier molecular flexibility index (Phi) is 3.88. The Labute approximate surface area is 121 Å². The molecule has 1 saturated heterocycles. The van der Waals surface area contributed by atoms with Crippen LogP contribution < -0.4 is 10.2 Å². The van der Waals surface area contributed by atoms with Crippen molar-refractivity contribution in [1.29, 1.82) is 0 Å². The van der Waals surface area contributed by atoms with Crippen molar-refractivity contribution in [3.05, 3.63) is 35.9 Å². The number of para-hydroxylation sites is 1. The number of nitrogens with one attached hydrogen (secondary N) is 1. The van der Waals surface area contributed by atoms with E-state index in [1.165, 1.54) is 30.2 Å². The number of benzene rings is 1. The second-order valence-electron chi connectivity index (χ2n) is 5.85. The van der Waals surface area contributed by atoms with Crippen molar-refractivity contribution in [2.75, 3.05) is 25.0 Å². The molecule has 1 aromatic heterocycles. The van der Waals surface area contributed by atoms with E-state index in [-0.39, 0.29) is 0 Å². The maximum Gasteiger partial charge on any atom is 0.131 e. The highest BCUT2D eigenvalue weighted by Gasteiger charge is 2.16. The summed E-state index contributed by atoms with van der Waals surface area (Å²) in [6, 6.07) is 11.2. The van der Waals surface area contributed by atoms with Crippen molar-refractivity contribution < 1.29 is 0 Å². The molecular formula is C17H23N3. The molecule has 2 aromatic rings. The number of pyridine rings is 1. The molecule has 1 fully saturated rings. The van der Waals surface area contributed by atoms with Gasteiger partial charge in [0.25, 0.3) is 0 Å². The summed E-state index contributed by atoms with van der Waals surface area (Å²) in [5, 5.41) is 4.83. The Morgan fingerprint density at radius 2 is 2.15 bits per heavy atom. The molecule has 3 nitrogen and oxygen atoms in total. The molecule has 2 heterocycles. The molecule has 0 saturated carbocycles. The summed E-state index contributed by atoms with van der Waals surface area (Å²) in [4.78, 5) is 7.13. The minimum absolute atomic E-state index is 0.599. The summed E-state index contributed by atoms with van der Waals surface area (Å²) < 4.78 is 0. The molecule has 1 aliphatic heterocycles. The lowest BCUT2D eigenvalue weighted by Gasteiger charge is -2.29. The summed E-state index contributed by atoms with van der Waals surface area (Å²) in [6.45, 7) is 4.34. The zero-order valence-corrected chi connectivity index (χ0v) is 12.4. The smallest absolute Gasteiger partial charge is 0.131 e. The van der Waals surface area contributed by atoms with Gasteiger partial charge in [0, 0.05) is 25.0 Å². The molecule has 1 aliphatic rings. The fraction of sp³-hybridized carbons (Fsp3) is 0.471. The van der Waals surface area contributed by atoms with E-state index in [0.717, 1.165) is 24.4 Å². The number of likely N-dealkylation sites (N-methyl/N-ethyl adjacent to an activating group) is 1. The van der Waals surface area contributed by atoms with Gasteiger partial charge in [-0.15, -0.1) is 0 Å². The zero-order valence-electron chi connectivity index (χ0n) is 12.4. The molecule has 0 amide bonds. The summed E-state index contributed by atoms with van der Waals surface area (Å²) in [5.74, 6) is 1.11. The number of fused-ring (bicyclic) bond motifs is 1. The first kappa shape index (κ1) is 13.4. The van der Waals surface area contributed by atoms with E-state index < -0.39 is 0 Å². The van der Waals surface area contributed by atoms with Crippen LogP contribution >= 0.6 is 0 Å². The second kappa shape index (κ2) is 5.80. The highest BCUT2D eigenvalue weighted by atomic mass is 15.2. The molecule has 20 heavy (non-hydrogen) atoms. The lowest BCUT2D eigenvalue weighted by Crippen LogP contribution is -2.42. The maximum atomic E-state index is 4.84. The van der Waals surface area contributed by atoms with E-state index in [2.05, 4.69) is 54.5 Å². The van der Waals surface area contributed by atoms with Crippen LogP contribution in [0.25, 0.3) is 10.9 Å². The Balaban J connectivity index is 1.82. The normalized spacial score (nSPS) is 19.2. The van der Waals surface area contributed by atoms with Crippen molar-refractivity contribution in [3.63, 3.8) is 0 Å². The summed E-state index contributed by atoms with van der Waals surface area (Å²) in [6.07, 6.45) is 3.93. The third kappa shape index (κ3) is 2.78. The van der Waals surface area contributed by atoms with Gasteiger partial charge in [-0.3, -0.25) is 0 Å². The number of aryl methyl sites for hydroxylation is 1. The van der Waals surface area contributed by atoms with Crippen molar-refractivity contribution in [1.82, 2.24) is 10.3 Å². The number of aromatic nitrogens is 1. The summed E-state index contributed by atoms with van der Waals surface area (Å²) in [5.41, 5.74) is 2.33. The lowest BCUT2D eigenvalue weighted by molar-refractivity contribution is 0.403. The van der Waals surface area contributed by atoms with Gasteiger partial charge in [-0.05, 0) is 44.0 Å². The Morgan fingerprint density at radius 3 is 2.95 bits per heavy atom. The van der Waals surface area contributed by atoms with Crippen molar-refractivity contribution in [2.24, 2.45) is 0 Å². The van der Waals surface area contributed by atoms with Gasteiger partial charge in [-0.1, -0.05) is 24.6 Å². The minimum Gasteiger partial charge on any atom is -0.358 e. The van der Waals surface area contributed by atoms with Crippen LogP contribution in [-0.2, 0) is 0 Å². The van der Waals surface area contributed by atoms with Gasteiger partial charge in [0.1, 0.15) is 5.82 Å². The first-order chi connectivity index (χ1) is 9.74. The maximum absolute atomic E-state index is 4.84. The van der Waals surface area contributed by atoms with Gasteiger partial charge in [-0.2, -0.15) is 0 Å². The fourth-order valence-corrected chi connectivity index (χ4v) is 3.09. The van der Waals surface area contributed by atoms with Crippen molar-refractivity contribution in [2.45, 2.75) is 32.2 Å². The van der Waals surface area contributed by atoms with Gasteiger partial charge in [0.15, 0.2) is 0 Å². The van der Waals surface area contributed by atoms with Crippen LogP contribution in [0.5, 0.6) is 0 Å². The molecule has 1 atom stereocenters. The number of nitrogens with zero attached hydrogens (tertiary/aromatic N) is 2. The van der Waals surface area contributed by atoms with E-state index >= 15 is 0 Å². The van der Waals surface area contributed by atoms with Gasteiger partial charge in [0.2, 0.25) is 0 Å². The molecule has 106 valence electrons. The topological polar surface area (TPSA) is 28.2 Å². The van der Waals surface area contributed by atoms with E-state index in [0.29, 0.717) is 6.04 Å². The van der Waals surface area contributed by atoms with Crippen LogP contribution in [0, 0.1) is 6.92 Å². The second-order valence-corrected chi connectivity index (χ2v) is 5.85. The van der Waals surface area contributed by atoms with Gasteiger partial charge < -0.3 is 10.2 Å². The standard InChI is InChI=1S/C17H23N3/c1-13-11-14-7-3-4-9-16(14)19-17(13)20(2)12-15-8-5-6-10-18-15/h3-4,7,9,11,15,18H,5-6,8,10,12H2,1-2H3. The van der Waals surface area contributed by atoms with Gasteiger partial charge in [-0.25, -0.2) is 4.98 Å². The zero-order chi connectivity index (χ0) is 13.9. The third-order valence-corrected chi connectivity index (χ3v) is 4.16. The average Bonchev–Trinajstić information content (AvgIpc) is 2.47. The van der Waals surface area contributed by atoms with Crippen LogP contribution in [0.15, 0.2) is 30.3 Å².